The Morgan fingerprint density at radius 2 is 1.58 bits per heavy atom. The predicted molar refractivity (Wildman–Crippen MR) is 58.8 cm³/mol. The number of amides is 1. The van der Waals surface area contributed by atoms with Crippen LogP contribution in [0.25, 0.3) is 0 Å². The number of nitrogens with two attached hydrogens (primary N) is 1. The molecule has 0 rings (SSSR count). The van der Waals surface area contributed by atoms with Crippen molar-refractivity contribution in [3.63, 3.8) is 0 Å². The Kier molecular flexibility index (Phi) is 5.84. The van der Waals surface area contributed by atoms with E-state index >= 15 is 0 Å². The van der Waals surface area contributed by atoms with Crippen molar-refractivity contribution >= 4 is 31.2 Å². The molecule has 2 unspecified atom stereocenters. The van der Waals surface area contributed by atoms with Gasteiger partial charge in [-0.3, -0.25) is 4.79 Å². The highest BCUT2D eigenvalue weighted by molar-refractivity contribution is 7.81. The van der Waals surface area contributed by atoms with Gasteiger partial charge in [0, 0.05) is 5.92 Å². The Bertz CT molecular complexity index is 138. The van der Waals surface area contributed by atoms with Crippen LogP contribution in [0.15, 0.2) is 0 Å². The molecule has 1 amide bonds. The summed E-state index contributed by atoms with van der Waals surface area (Å²) in [5.41, 5.74) is 5.23. The number of carbonyl (C=O) groups excluding carboxylic acids is 1. The fourth-order valence-corrected chi connectivity index (χ4v) is 1.66. The van der Waals surface area contributed by atoms with E-state index in [0.29, 0.717) is 0 Å². The minimum atomic E-state index is -0.239. The molecule has 0 saturated carbocycles. The SMILES string of the molecule is CC(S)CC(CC(C)S)C(N)=O. The largest absolute Gasteiger partial charge is 0.369 e. The van der Waals surface area contributed by atoms with Crippen LogP contribution in [-0.2, 0) is 4.79 Å². The lowest BCUT2D eigenvalue weighted by Gasteiger charge is -2.16. The van der Waals surface area contributed by atoms with E-state index in [-0.39, 0.29) is 22.3 Å². The summed E-state index contributed by atoms with van der Waals surface area (Å²) >= 11 is 8.44. The molecule has 2 atom stereocenters. The van der Waals surface area contributed by atoms with Gasteiger partial charge in [0.05, 0.1) is 0 Å². The number of hydrogen-bond acceptors (Lipinski definition) is 3. The zero-order valence-electron chi connectivity index (χ0n) is 7.53. The van der Waals surface area contributed by atoms with Crippen molar-refractivity contribution in [3.8, 4) is 0 Å². The summed E-state index contributed by atoms with van der Waals surface area (Å²) < 4.78 is 0. The molecule has 0 heterocycles. The zero-order chi connectivity index (χ0) is 9.72. The number of carbonyl (C=O) groups is 1. The molecule has 0 bridgehead atoms. The molecule has 0 aliphatic rings. The highest BCUT2D eigenvalue weighted by Gasteiger charge is 2.18. The predicted octanol–water partition coefficient (Wildman–Crippen LogP) is 1.50. The molecule has 0 aromatic heterocycles. The minimum Gasteiger partial charge on any atom is -0.369 e. The van der Waals surface area contributed by atoms with Crippen LogP contribution in [0.5, 0.6) is 0 Å². The van der Waals surface area contributed by atoms with Gasteiger partial charge in [0.15, 0.2) is 0 Å². The summed E-state index contributed by atoms with van der Waals surface area (Å²) in [5.74, 6) is -0.318. The van der Waals surface area contributed by atoms with E-state index in [1.165, 1.54) is 0 Å². The highest BCUT2D eigenvalue weighted by Crippen LogP contribution is 2.18. The van der Waals surface area contributed by atoms with Crippen LogP contribution < -0.4 is 5.73 Å². The molecule has 0 aliphatic heterocycles. The van der Waals surface area contributed by atoms with Crippen molar-refractivity contribution in [2.75, 3.05) is 0 Å². The van der Waals surface area contributed by atoms with E-state index in [9.17, 15) is 4.79 Å². The van der Waals surface area contributed by atoms with E-state index in [1.54, 1.807) is 0 Å². The topological polar surface area (TPSA) is 43.1 Å². The minimum absolute atomic E-state index is 0.0787. The molecule has 12 heavy (non-hydrogen) atoms. The van der Waals surface area contributed by atoms with Crippen LogP contribution >= 0.6 is 25.3 Å². The van der Waals surface area contributed by atoms with Gasteiger partial charge in [-0.1, -0.05) is 13.8 Å². The van der Waals surface area contributed by atoms with E-state index in [0.717, 1.165) is 12.8 Å². The second-order valence-electron chi connectivity index (χ2n) is 3.27. The average Bonchev–Trinajstić information content (AvgIpc) is 1.83. The van der Waals surface area contributed by atoms with Crippen LogP contribution in [0.3, 0.4) is 0 Å². The Morgan fingerprint density at radius 3 is 1.75 bits per heavy atom. The summed E-state index contributed by atoms with van der Waals surface area (Å²) in [6.07, 6.45) is 1.48. The molecule has 0 saturated heterocycles. The number of hydrogen-bond donors (Lipinski definition) is 3. The van der Waals surface area contributed by atoms with Gasteiger partial charge in [-0.15, -0.1) is 0 Å². The highest BCUT2D eigenvalue weighted by atomic mass is 32.1. The lowest BCUT2D eigenvalue weighted by molar-refractivity contribution is -0.122. The maximum Gasteiger partial charge on any atom is 0.220 e. The van der Waals surface area contributed by atoms with E-state index in [4.69, 9.17) is 5.73 Å². The molecular weight excluding hydrogens is 190 g/mol. The molecule has 0 aromatic rings. The van der Waals surface area contributed by atoms with Crippen LogP contribution in [0.2, 0.25) is 0 Å². The first kappa shape index (κ1) is 12.2. The fraction of sp³-hybridized carbons (Fsp3) is 0.875. The zero-order valence-corrected chi connectivity index (χ0v) is 9.32. The van der Waals surface area contributed by atoms with E-state index in [1.807, 2.05) is 13.8 Å². The van der Waals surface area contributed by atoms with Crippen molar-refractivity contribution in [1.82, 2.24) is 0 Å². The molecule has 0 spiro atoms. The Hall–Kier alpha value is 0.170. The smallest absolute Gasteiger partial charge is 0.220 e. The monoisotopic (exact) mass is 207 g/mol. The third-order valence-electron chi connectivity index (χ3n) is 1.65. The van der Waals surface area contributed by atoms with Crippen LogP contribution in [0.1, 0.15) is 26.7 Å². The molecule has 2 N–H and O–H groups in total. The fourth-order valence-electron chi connectivity index (χ4n) is 1.15. The van der Waals surface area contributed by atoms with Gasteiger partial charge in [0.25, 0.3) is 0 Å². The second-order valence-corrected chi connectivity index (χ2v) is 5.03. The third kappa shape index (κ3) is 5.77. The molecule has 0 fully saturated rings. The van der Waals surface area contributed by atoms with Gasteiger partial charge in [0.1, 0.15) is 0 Å². The summed E-state index contributed by atoms with van der Waals surface area (Å²) in [7, 11) is 0. The Labute approximate surface area is 85.1 Å². The van der Waals surface area contributed by atoms with E-state index < -0.39 is 0 Å². The maximum atomic E-state index is 10.9. The first-order valence-corrected chi connectivity index (χ1v) is 5.12. The average molecular weight is 207 g/mol. The quantitative estimate of drug-likeness (QED) is 0.588. The Morgan fingerprint density at radius 1 is 1.25 bits per heavy atom. The first-order valence-electron chi connectivity index (χ1n) is 4.09. The lowest BCUT2D eigenvalue weighted by atomic mass is 9.97. The molecule has 72 valence electrons. The summed E-state index contributed by atoms with van der Waals surface area (Å²) in [5, 5.41) is 0.434. The van der Waals surface area contributed by atoms with Crippen molar-refractivity contribution < 1.29 is 4.79 Å². The molecule has 0 radical (unpaired) electrons. The maximum absolute atomic E-state index is 10.9. The first-order chi connectivity index (χ1) is 5.43. The molecule has 0 aliphatic carbocycles. The molecular formula is C8H17NOS2. The molecule has 4 heteroatoms. The standard InChI is InChI=1S/C8H17NOS2/c1-5(11)3-7(8(9)10)4-6(2)12/h5-7,11-12H,3-4H2,1-2H3,(H2,9,10). The lowest BCUT2D eigenvalue weighted by Crippen LogP contribution is -2.27. The van der Waals surface area contributed by atoms with Crippen molar-refractivity contribution in [2.45, 2.75) is 37.2 Å². The van der Waals surface area contributed by atoms with Crippen molar-refractivity contribution in [1.29, 1.82) is 0 Å². The van der Waals surface area contributed by atoms with Gasteiger partial charge < -0.3 is 5.73 Å². The van der Waals surface area contributed by atoms with Crippen molar-refractivity contribution in [3.05, 3.63) is 0 Å². The molecule has 2 nitrogen and oxygen atoms in total. The normalized spacial score (nSPS) is 18.3. The third-order valence-corrected chi connectivity index (χ3v) is 2.08. The summed E-state index contributed by atoms with van der Waals surface area (Å²) in [6, 6.07) is 0. The summed E-state index contributed by atoms with van der Waals surface area (Å²) in [6.45, 7) is 3.92. The van der Waals surface area contributed by atoms with Crippen molar-refractivity contribution in [2.24, 2.45) is 11.7 Å². The Balaban J connectivity index is 3.96. The van der Waals surface area contributed by atoms with Gasteiger partial charge >= 0.3 is 0 Å². The second kappa shape index (κ2) is 5.75. The van der Waals surface area contributed by atoms with Gasteiger partial charge in [-0.25, -0.2) is 0 Å². The van der Waals surface area contributed by atoms with Crippen LogP contribution in [0, 0.1) is 5.92 Å². The van der Waals surface area contributed by atoms with E-state index in [2.05, 4.69) is 25.3 Å². The summed E-state index contributed by atoms with van der Waals surface area (Å²) in [4.78, 5) is 10.9. The van der Waals surface area contributed by atoms with Gasteiger partial charge in [-0.05, 0) is 23.3 Å². The van der Waals surface area contributed by atoms with Gasteiger partial charge in [-0.2, -0.15) is 25.3 Å². The molecule has 0 aromatic carbocycles. The van der Waals surface area contributed by atoms with Gasteiger partial charge in [0.2, 0.25) is 5.91 Å². The van der Waals surface area contributed by atoms with Crippen LogP contribution in [0.4, 0.5) is 0 Å². The number of thiol groups is 2. The number of primary amides is 1. The number of rotatable bonds is 5. The van der Waals surface area contributed by atoms with Crippen LogP contribution in [-0.4, -0.2) is 16.4 Å².